The molecule has 2 N–H and O–H groups in total. The molecule has 1 aliphatic carbocycles. The number of aromatic nitrogens is 1. The van der Waals surface area contributed by atoms with Crippen molar-refractivity contribution >= 4 is 0 Å². The lowest BCUT2D eigenvalue weighted by atomic mass is 10.0. The topological polar surface area (TPSA) is 38.9 Å². The fourth-order valence-corrected chi connectivity index (χ4v) is 1.49. The second kappa shape index (κ2) is 3.07. The number of pyridine rings is 1. The third-order valence-electron chi connectivity index (χ3n) is 2.55. The SMILES string of the molecule is Cc1cc([C@@H](N)C2CC2)cnc1F. The highest BCUT2D eigenvalue weighted by Gasteiger charge is 2.29. The van der Waals surface area contributed by atoms with E-state index in [9.17, 15) is 4.39 Å². The van der Waals surface area contributed by atoms with E-state index in [0.717, 1.165) is 5.56 Å². The monoisotopic (exact) mass is 180 g/mol. The van der Waals surface area contributed by atoms with Crippen LogP contribution in [-0.4, -0.2) is 4.98 Å². The fraction of sp³-hybridized carbons (Fsp3) is 0.500. The molecule has 0 saturated heterocycles. The number of hydrogen-bond acceptors (Lipinski definition) is 2. The zero-order chi connectivity index (χ0) is 9.42. The van der Waals surface area contributed by atoms with E-state index in [1.165, 1.54) is 12.8 Å². The van der Waals surface area contributed by atoms with Crippen LogP contribution >= 0.6 is 0 Å². The number of rotatable bonds is 2. The normalized spacial score (nSPS) is 18.7. The summed E-state index contributed by atoms with van der Waals surface area (Å²) in [6.07, 6.45) is 3.93. The lowest BCUT2D eigenvalue weighted by Gasteiger charge is -2.10. The molecule has 1 aliphatic rings. The van der Waals surface area contributed by atoms with Crippen molar-refractivity contribution in [3.63, 3.8) is 0 Å². The highest BCUT2D eigenvalue weighted by molar-refractivity contribution is 5.22. The van der Waals surface area contributed by atoms with E-state index >= 15 is 0 Å². The minimum atomic E-state index is -0.397. The summed E-state index contributed by atoms with van der Waals surface area (Å²) in [5.41, 5.74) is 7.49. The van der Waals surface area contributed by atoms with Gasteiger partial charge in [-0.3, -0.25) is 0 Å². The van der Waals surface area contributed by atoms with Gasteiger partial charge in [0.1, 0.15) is 0 Å². The maximum absolute atomic E-state index is 12.8. The first-order valence-electron chi connectivity index (χ1n) is 4.56. The molecule has 1 saturated carbocycles. The second-order valence-electron chi connectivity index (χ2n) is 3.74. The van der Waals surface area contributed by atoms with Gasteiger partial charge in [-0.05, 0) is 37.3 Å². The molecular formula is C10H13FN2. The summed E-state index contributed by atoms with van der Waals surface area (Å²) in [5, 5.41) is 0. The van der Waals surface area contributed by atoms with Crippen LogP contribution in [-0.2, 0) is 0 Å². The van der Waals surface area contributed by atoms with Crippen molar-refractivity contribution in [1.82, 2.24) is 4.98 Å². The summed E-state index contributed by atoms with van der Waals surface area (Å²) < 4.78 is 12.8. The zero-order valence-corrected chi connectivity index (χ0v) is 7.63. The molecule has 70 valence electrons. The molecule has 1 aromatic heterocycles. The highest BCUT2D eigenvalue weighted by Crippen LogP contribution is 2.39. The molecule has 3 heteroatoms. The summed E-state index contributed by atoms with van der Waals surface area (Å²) in [5.74, 6) is 0.193. The summed E-state index contributed by atoms with van der Waals surface area (Å²) in [4.78, 5) is 3.66. The van der Waals surface area contributed by atoms with Crippen LogP contribution in [0.5, 0.6) is 0 Å². The summed E-state index contributed by atoms with van der Waals surface area (Å²) in [6.45, 7) is 1.71. The Bertz CT molecular complexity index is 321. The Morgan fingerprint density at radius 2 is 2.31 bits per heavy atom. The minimum Gasteiger partial charge on any atom is -0.324 e. The molecular weight excluding hydrogens is 167 g/mol. The van der Waals surface area contributed by atoms with E-state index < -0.39 is 5.95 Å². The smallest absolute Gasteiger partial charge is 0.215 e. The van der Waals surface area contributed by atoms with Crippen LogP contribution in [0, 0.1) is 18.8 Å². The van der Waals surface area contributed by atoms with Gasteiger partial charge in [0, 0.05) is 17.8 Å². The molecule has 13 heavy (non-hydrogen) atoms. The van der Waals surface area contributed by atoms with E-state index in [-0.39, 0.29) is 6.04 Å². The molecule has 1 atom stereocenters. The van der Waals surface area contributed by atoms with E-state index in [4.69, 9.17) is 5.73 Å². The van der Waals surface area contributed by atoms with Crippen molar-refractivity contribution < 1.29 is 4.39 Å². The van der Waals surface area contributed by atoms with Gasteiger partial charge >= 0.3 is 0 Å². The Kier molecular flexibility index (Phi) is 2.04. The maximum atomic E-state index is 12.8. The molecule has 0 aromatic carbocycles. The van der Waals surface area contributed by atoms with Crippen LogP contribution in [0.15, 0.2) is 12.3 Å². The molecule has 1 heterocycles. The van der Waals surface area contributed by atoms with Crippen LogP contribution in [0.3, 0.4) is 0 Å². The largest absolute Gasteiger partial charge is 0.324 e. The van der Waals surface area contributed by atoms with Gasteiger partial charge in [0.25, 0.3) is 0 Å². The number of aryl methyl sites for hydroxylation is 1. The van der Waals surface area contributed by atoms with E-state index in [1.807, 2.05) is 0 Å². The number of halogens is 1. The third-order valence-corrected chi connectivity index (χ3v) is 2.55. The van der Waals surface area contributed by atoms with Gasteiger partial charge in [0.15, 0.2) is 0 Å². The van der Waals surface area contributed by atoms with Crippen LogP contribution in [0.2, 0.25) is 0 Å². The zero-order valence-electron chi connectivity index (χ0n) is 7.63. The second-order valence-corrected chi connectivity index (χ2v) is 3.74. The fourth-order valence-electron chi connectivity index (χ4n) is 1.49. The molecule has 2 rings (SSSR count). The first kappa shape index (κ1) is 8.63. The van der Waals surface area contributed by atoms with Crippen LogP contribution < -0.4 is 5.73 Å². The average Bonchev–Trinajstić information content (AvgIpc) is 2.91. The lowest BCUT2D eigenvalue weighted by Crippen LogP contribution is -2.13. The molecule has 1 fully saturated rings. The van der Waals surface area contributed by atoms with Crippen molar-refractivity contribution in [3.05, 3.63) is 29.3 Å². The van der Waals surface area contributed by atoms with Crippen LogP contribution in [0.1, 0.15) is 30.0 Å². The maximum Gasteiger partial charge on any atom is 0.215 e. The van der Waals surface area contributed by atoms with Gasteiger partial charge in [-0.25, -0.2) is 4.98 Å². The van der Waals surface area contributed by atoms with Gasteiger partial charge in [0.2, 0.25) is 5.95 Å². The molecule has 0 unspecified atom stereocenters. The van der Waals surface area contributed by atoms with Crippen molar-refractivity contribution in [1.29, 1.82) is 0 Å². The van der Waals surface area contributed by atoms with Gasteiger partial charge in [0.05, 0.1) is 0 Å². The van der Waals surface area contributed by atoms with Gasteiger partial charge in [-0.1, -0.05) is 0 Å². The first-order chi connectivity index (χ1) is 6.18. The van der Waals surface area contributed by atoms with Crippen LogP contribution in [0.4, 0.5) is 4.39 Å². The van der Waals surface area contributed by atoms with Crippen molar-refractivity contribution in [2.45, 2.75) is 25.8 Å². The summed E-state index contributed by atoms with van der Waals surface area (Å²) >= 11 is 0. The van der Waals surface area contributed by atoms with Crippen molar-refractivity contribution in [2.75, 3.05) is 0 Å². The lowest BCUT2D eigenvalue weighted by molar-refractivity contribution is 0.564. The summed E-state index contributed by atoms with van der Waals surface area (Å²) in [6, 6.07) is 1.84. The van der Waals surface area contributed by atoms with Gasteiger partial charge in [-0.2, -0.15) is 4.39 Å². The Hall–Kier alpha value is -0.960. The molecule has 0 aliphatic heterocycles. The predicted molar refractivity (Wildman–Crippen MR) is 48.6 cm³/mol. The molecule has 0 radical (unpaired) electrons. The number of nitrogens with two attached hydrogens (primary N) is 1. The Morgan fingerprint density at radius 3 is 2.85 bits per heavy atom. The molecule has 0 spiro atoms. The standard InChI is InChI=1S/C10H13FN2/c1-6-4-8(5-13-10(6)11)9(12)7-2-3-7/h4-5,7,9H,2-3,12H2,1H3/t9-/m0/s1. The van der Waals surface area contributed by atoms with Crippen molar-refractivity contribution in [2.24, 2.45) is 11.7 Å². The quantitative estimate of drug-likeness (QED) is 0.706. The molecule has 2 nitrogen and oxygen atoms in total. The minimum absolute atomic E-state index is 0.0480. The van der Waals surface area contributed by atoms with Crippen molar-refractivity contribution in [3.8, 4) is 0 Å². The number of hydrogen-bond donors (Lipinski definition) is 1. The average molecular weight is 180 g/mol. The Labute approximate surface area is 77.0 Å². The first-order valence-corrected chi connectivity index (χ1v) is 4.56. The van der Waals surface area contributed by atoms with Gasteiger partial charge < -0.3 is 5.73 Å². The number of nitrogens with zero attached hydrogens (tertiary/aromatic N) is 1. The Balaban J connectivity index is 2.24. The molecule has 0 amide bonds. The molecule has 1 aromatic rings. The van der Waals surface area contributed by atoms with E-state index in [2.05, 4.69) is 4.98 Å². The molecule has 0 bridgehead atoms. The van der Waals surface area contributed by atoms with E-state index in [1.54, 1.807) is 19.2 Å². The third kappa shape index (κ3) is 1.70. The Morgan fingerprint density at radius 1 is 1.62 bits per heavy atom. The summed E-state index contributed by atoms with van der Waals surface area (Å²) in [7, 11) is 0. The predicted octanol–water partition coefficient (Wildman–Crippen LogP) is 1.94. The van der Waals surface area contributed by atoms with Crippen LogP contribution in [0.25, 0.3) is 0 Å². The van der Waals surface area contributed by atoms with Gasteiger partial charge in [-0.15, -0.1) is 0 Å². The van der Waals surface area contributed by atoms with E-state index in [0.29, 0.717) is 11.5 Å². The highest BCUT2D eigenvalue weighted by atomic mass is 19.1.